The maximum Gasteiger partial charge on any atom is 0.135 e. The number of nitrogens with zero attached hydrogens (tertiary/aromatic N) is 2. The Kier molecular flexibility index (Phi) is 4.96. The molecule has 20 heavy (non-hydrogen) atoms. The second-order valence-electron chi connectivity index (χ2n) is 5.16. The van der Waals surface area contributed by atoms with Crippen LogP contribution < -0.4 is 5.32 Å². The molecule has 4 heteroatoms. The maximum atomic E-state index is 6.04. The average molecular weight is 290 g/mol. The zero-order valence-corrected chi connectivity index (χ0v) is 12.9. The van der Waals surface area contributed by atoms with Crippen molar-refractivity contribution in [1.29, 1.82) is 0 Å². The van der Waals surface area contributed by atoms with Gasteiger partial charge >= 0.3 is 0 Å². The summed E-state index contributed by atoms with van der Waals surface area (Å²) < 4.78 is 0. The molecular formula is C16H20ClN3. The summed E-state index contributed by atoms with van der Waals surface area (Å²) in [4.78, 5) is 8.71. The van der Waals surface area contributed by atoms with Crippen LogP contribution in [0.2, 0.25) is 5.15 Å². The molecule has 0 radical (unpaired) electrons. The number of benzene rings is 1. The molecule has 0 saturated carbocycles. The lowest BCUT2D eigenvalue weighted by Crippen LogP contribution is -2.02. The minimum absolute atomic E-state index is 0.251. The fourth-order valence-corrected chi connectivity index (χ4v) is 2.14. The standard InChI is InChI=1S/C16H20ClN3/c1-4-5-12-6-8-13(9-7-12)18-15-10-14(17)19-16(20-15)11(2)3/h6-11H,4-5H2,1-3H3,(H,18,19,20). The van der Waals surface area contributed by atoms with Gasteiger partial charge in [0.2, 0.25) is 0 Å². The topological polar surface area (TPSA) is 37.8 Å². The normalized spacial score (nSPS) is 10.8. The van der Waals surface area contributed by atoms with Crippen molar-refractivity contribution in [2.45, 2.75) is 39.5 Å². The van der Waals surface area contributed by atoms with Gasteiger partial charge in [-0.05, 0) is 24.1 Å². The monoisotopic (exact) mass is 289 g/mol. The minimum Gasteiger partial charge on any atom is -0.340 e. The fraction of sp³-hybridized carbons (Fsp3) is 0.375. The van der Waals surface area contributed by atoms with Crippen LogP contribution in [0, 0.1) is 0 Å². The summed E-state index contributed by atoms with van der Waals surface area (Å²) in [5, 5.41) is 3.74. The van der Waals surface area contributed by atoms with Gasteiger partial charge in [-0.25, -0.2) is 9.97 Å². The number of hydrogen-bond donors (Lipinski definition) is 1. The van der Waals surface area contributed by atoms with Crippen LogP contribution in [-0.4, -0.2) is 9.97 Å². The fourth-order valence-electron chi connectivity index (χ4n) is 1.95. The van der Waals surface area contributed by atoms with E-state index in [-0.39, 0.29) is 5.92 Å². The van der Waals surface area contributed by atoms with E-state index in [0.29, 0.717) is 5.15 Å². The Labute approximate surface area is 125 Å². The first-order chi connectivity index (χ1) is 9.58. The van der Waals surface area contributed by atoms with Crippen molar-refractivity contribution in [3.63, 3.8) is 0 Å². The summed E-state index contributed by atoms with van der Waals surface area (Å²) in [5.41, 5.74) is 2.36. The third kappa shape index (κ3) is 3.94. The van der Waals surface area contributed by atoms with Crippen LogP contribution in [0.25, 0.3) is 0 Å². The molecule has 0 aliphatic carbocycles. The van der Waals surface area contributed by atoms with Crippen LogP contribution in [-0.2, 0) is 6.42 Å². The molecule has 0 saturated heterocycles. The van der Waals surface area contributed by atoms with Crippen LogP contribution in [0.1, 0.15) is 44.5 Å². The molecule has 0 atom stereocenters. The van der Waals surface area contributed by atoms with Gasteiger partial charge in [0.1, 0.15) is 16.8 Å². The van der Waals surface area contributed by atoms with Crippen LogP contribution in [0.3, 0.4) is 0 Å². The maximum absolute atomic E-state index is 6.04. The van der Waals surface area contributed by atoms with Crippen molar-refractivity contribution in [3.8, 4) is 0 Å². The Morgan fingerprint density at radius 3 is 2.45 bits per heavy atom. The third-order valence-corrected chi connectivity index (χ3v) is 3.19. The van der Waals surface area contributed by atoms with Gasteiger partial charge < -0.3 is 5.32 Å². The molecule has 2 rings (SSSR count). The number of halogens is 1. The van der Waals surface area contributed by atoms with E-state index in [1.54, 1.807) is 6.07 Å². The summed E-state index contributed by atoms with van der Waals surface area (Å²) in [6.45, 7) is 6.28. The molecule has 0 bridgehead atoms. The average Bonchev–Trinajstić information content (AvgIpc) is 2.40. The van der Waals surface area contributed by atoms with Gasteiger partial charge in [0.05, 0.1) is 0 Å². The van der Waals surface area contributed by atoms with E-state index >= 15 is 0 Å². The second-order valence-corrected chi connectivity index (χ2v) is 5.55. The van der Waals surface area contributed by atoms with Crippen LogP contribution in [0.4, 0.5) is 11.5 Å². The third-order valence-electron chi connectivity index (χ3n) is 2.99. The highest BCUT2D eigenvalue weighted by atomic mass is 35.5. The van der Waals surface area contributed by atoms with E-state index in [4.69, 9.17) is 11.6 Å². The van der Waals surface area contributed by atoms with Gasteiger partial charge in [0.15, 0.2) is 0 Å². The molecule has 0 fully saturated rings. The molecule has 1 N–H and O–H groups in total. The number of aromatic nitrogens is 2. The van der Waals surface area contributed by atoms with Crippen LogP contribution >= 0.6 is 11.6 Å². The molecule has 0 aliphatic rings. The Morgan fingerprint density at radius 2 is 1.85 bits per heavy atom. The smallest absolute Gasteiger partial charge is 0.135 e. The summed E-state index contributed by atoms with van der Waals surface area (Å²) in [5.74, 6) is 1.74. The van der Waals surface area contributed by atoms with Crippen molar-refractivity contribution < 1.29 is 0 Å². The van der Waals surface area contributed by atoms with Crippen LogP contribution in [0.15, 0.2) is 30.3 Å². The van der Waals surface area contributed by atoms with Gasteiger partial charge in [-0.15, -0.1) is 0 Å². The van der Waals surface area contributed by atoms with Crippen molar-refractivity contribution in [3.05, 3.63) is 46.9 Å². The van der Waals surface area contributed by atoms with E-state index in [1.165, 1.54) is 5.56 Å². The second kappa shape index (κ2) is 6.71. The van der Waals surface area contributed by atoms with Gasteiger partial charge in [-0.3, -0.25) is 0 Å². The molecule has 1 heterocycles. The van der Waals surface area contributed by atoms with Gasteiger partial charge in [0, 0.05) is 17.7 Å². The molecule has 2 aromatic rings. The molecule has 0 spiro atoms. The van der Waals surface area contributed by atoms with Crippen molar-refractivity contribution in [1.82, 2.24) is 9.97 Å². The SMILES string of the molecule is CCCc1ccc(Nc2cc(Cl)nc(C(C)C)n2)cc1. The number of aryl methyl sites for hydroxylation is 1. The summed E-state index contributed by atoms with van der Waals surface area (Å²) in [6, 6.07) is 10.1. The molecule has 1 aromatic carbocycles. The zero-order chi connectivity index (χ0) is 14.5. The van der Waals surface area contributed by atoms with Crippen molar-refractivity contribution in [2.24, 2.45) is 0 Å². The number of nitrogens with one attached hydrogen (secondary N) is 1. The lowest BCUT2D eigenvalue weighted by atomic mass is 10.1. The highest BCUT2D eigenvalue weighted by Crippen LogP contribution is 2.21. The summed E-state index contributed by atoms with van der Waals surface area (Å²) >= 11 is 6.04. The highest BCUT2D eigenvalue weighted by Gasteiger charge is 2.07. The molecule has 0 unspecified atom stereocenters. The number of rotatable bonds is 5. The molecule has 0 amide bonds. The van der Waals surface area contributed by atoms with Crippen molar-refractivity contribution in [2.75, 3.05) is 5.32 Å². The molecule has 1 aromatic heterocycles. The summed E-state index contributed by atoms with van der Waals surface area (Å²) in [7, 11) is 0. The molecular weight excluding hydrogens is 270 g/mol. The quantitative estimate of drug-likeness (QED) is 0.791. The minimum atomic E-state index is 0.251. The lowest BCUT2D eigenvalue weighted by molar-refractivity contribution is 0.776. The molecule has 3 nitrogen and oxygen atoms in total. The van der Waals surface area contributed by atoms with Gasteiger partial charge in [0.25, 0.3) is 0 Å². The highest BCUT2D eigenvalue weighted by molar-refractivity contribution is 6.29. The Bertz CT molecular complexity index is 564. The van der Waals surface area contributed by atoms with Gasteiger partial charge in [-0.1, -0.05) is 50.9 Å². The van der Waals surface area contributed by atoms with E-state index < -0.39 is 0 Å². The van der Waals surface area contributed by atoms with Gasteiger partial charge in [-0.2, -0.15) is 0 Å². The Morgan fingerprint density at radius 1 is 1.15 bits per heavy atom. The van der Waals surface area contributed by atoms with Crippen LogP contribution in [0.5, 0.6) is 0 Å². The Balaban J connectivity index is 2.16. The van der Waals surface area contributed by atoms with Crippen molar-refractivity contribution >= 4 is 23.1 Å². The Hall–Kier alpha value is -1.61. The predicted octanol–water partition coefficient (Wildman–Crippen LogP) is 4.95. The predicted molar refractivity (Wildman–Crippen MR) is 84.9 cm³/mol. The van der Waals surface area contributed by atoms with E-state index in [9.17, 15) is 0 Å². The zero-order valence-electron chi connectivity index (χ0n) is 12.2. The molecule has 0 aliphatic heterocycles. The largest absolute Gasteiger partial charge is 0.340 e. The first-order valence-electron chi connectivity index (χ1n) is 6.99. The first kappa shape index (κ1) is 14.8. The number of anilines is 2. The van der Waals surface area contributed by atoms with E-state index in [0.717, 1.165) is 30.2 Å². The van der Waals surface area contributed by atoms with E-state index in [1.807, 2.05) is 0 Å². The number of hydrogen-bond acceptors (Lipinski definition) is 3. The first-order valence-corrected chi connectivity index (χ1v) is 7.36. The lowest BCUT2D eigenvalue weighted by Gasteiger charge is -2.10. The molecule has 106 valence electrons. The summed E-state index contributed by atoms with van der Waals surface area (Å²) in [6.07, 6.45) is 2.27. The van der Waals surface area contributed by atoms with E-state index in [2.05, 4.69) is 60.3 Å².